The van der Waals surface area contributed by atoms with Crippen molar-refractivity contribution in [3.8, 4) is 0 Å². The minimum absolute atomic E-state index is 0.596. The Morgan fingerprint density at radius 2 is 1.47 bits per heavy atom. The fraction of sp³-hybridized carbons (Fsp3) is 0.308. The molecular formula is C13H14BN5. The molecule has 0 aliphatic carbocycles. The van der Waals surface area contributed by atoms with E-state index < -0.39 is 0 Å². The van der Waals surface area contributed by atoms with Crippen LogP contribution in [0.4, 0.5) is 11.6 Å². The smallest absolute Gasteiger partial charge is 0.225 e. The fourth-order valence-corrected chi connectivity index (χ4v) is 2.21. The molecule has 5 nitrogen and oxygen atoms in total. The Balaban J connectivity index is 1.65. The van der Waals surface area contributed by atoms with Gasteiger partial charge in [0.05, 0.1) is 0 Å². The Labute approximate surface area is 113 Å². The largest absolute Gasteiger partial charge is 0.368 e. The van der Waals surface area contributed by atoms with Crippen LogP contribution in [0, 0.1) is 0 Å². The number of anilines is 2. The third kappa shape index (κ3) is 2.67. The van der Waals surface area contributed by atoms with Crippen molar-refractivity contribution in [2.24, 2.45) is 0 Å². The lowest BCUT2D eigenvalue weighted by molar-refractivity contribution is 0.640. The Morgan fingerprint density at radius 1 is 0.895 bits per heavy atom. The summed E-state index contributed by atoms with van der Waals surface area (Å²) >= 11 is 0. The lowest BCUT2D eigenvalue weighted by Crippen LogP contribution is -2.47. The zero-order valence-electron chi connectivity index (χ0n) is 10.6. The molecule has 2 aromatic heterocycles. The van der Waals surface area contributed by atoms with Crippen molar-refractivity contribution in [2.75, 3.05) is 36.0 Å². The Bertz CT molecular complexity index is 522. The molecule has 0 spiro atoms. The van der Waals surface area contributed by atoms with Gasteiger partial charge >= 0.3 is 0 Å². The Kier molecular flexibility index (Phi) is 3.31. The maximum absolute atomic E-state index is 5.60. The highest BCUT2D eigenvalue weighted by molar-refractivity contribution is 6.31. The van der Waals surface area contributed by atoms with Gasteiger partial charge in [0.2, 0.25) is 5.95 Å². The van der Waals surface area contributed by atoms with Crippen LogP contribution in [0.2, 0.25) is 0 Å². The van der Waals surface area contributed by atoms with Crippen LogP contribution in [0.5, 0.6) is 0 Å². The lowest BCUT2D eigenvalue weighted by Gasteiger charge is -2.36. The lowest BCUT2D eigenvalue weighted by atomic mass is 10.0. The molecule has 1 aliphatic rings. The van der Waals surface area contributed by atoms with Gasteiger partial charge in [-0.25, -0.2) is 9.97 Å². The monoisotopic (exact) mass is 251 g/mol. The van der Waals surface area contributed by atoms with E-state index in [1.165, 1.54) is 5.69 Å². The summed E-state index contributed by atoms with van der Waals surface area (Å²) in [6.45, 7) is 3.73. The van der Waals surface area contributed by atoms with E-state index in [0.29, 0.717) is 5.46 Å². The first kappa shape index (κ1) is 12.0. The van der Waals surface area contributed by atoms with E-state index in [4.69, 9.17) is 7.85 Å². The summed E-state index contributed by atoms with van der Waals surface area (Å²) in [4.78, 5) is 17.1. The highest BCUT2D eigenvalue weighted by Crippen LogP contribution is 2.16. The number of hydrogen-bond acceptors (Lipinski definition) is 5. The average molecular weight is 251 g/mol. The molecule has 6 heteroatoms. The predicted octanol–water partition coefficient (Wildman–Crippen LogP) is -0.00800. The van der Waals surface area contributed by atoms with Gasteiger partial charge in [0, 0.05) is 56.7 Å². The maximum atomic E-state index is 5.60. The molecule has 0 saturated carbocycles. The van der Waals surface area contributed by atoms with Gasteiger partial charge in [0.25, 0.3) is 0 Å². The molecule has 1 saturated heterocycles. The summed E-state index contributed by atoms with van der Waals surface area (Å²) in [6.07, 6.45) is 6.95. The predicted molar refractivity (Wildman–Crippen MR) is 76.1 cm³/mol. The number of rotatable bonds is 2. The molecule has 2 radical (unpaired) electrons. The zero-order valence-corrected chi connectivity index (χ0v) is 10.6. The van der Waals surface area contributed by atoms with Gasteiger partial charge in [-0.05, 0) is 12.1 Å². The molecule has 1 fully saturated rings. The first-order valence-corrected chi connectivity index (χ1v) is 6.30. The Morgan fingerprint density at radius 3 is 2.11 bits per heavy atom. The zero-order chi connectivity index (χ0) is 13.1. The van der Waals surface area contributed by atoms with Gasteiger partial charge in [-0.15, -0.1) is 0 Å². The van der Waals surface area contributed by atoms with Crippen LogP contribution in [0.15, 0.2) is 36.9 Å². The molecule has 19 heavy (non-hydrogen) atoms. The number of hydrogen-bond donors (Lipinski definition) is 0. The van der Waals surface area contributed by atoms with E-state index in [1.54, 1.807) is 12.4 Å². The molecule has 1 aliphatic heterocycles. The van der Waals surface area contributed by atoms with Gasteiger partial charge in [0.1, 0.15) is 7.85 Å². The summed E-state index contributed by atoms with van der Waals surface area (Å²) in [6, 6.07) is 4.07. The normalized spacial score (nSPS) is 15.6. The summed E-state index contributed by atoms with van der Waals surface area (Å²) in [7, 11) is 5.60. The van der Waals surface area contributed by atoms with E-state index in [0.717, 1.165) is 32.1 Å². The molecule has 0 amide bonds. The first-order chi connectivity index (χ1) is 9.33. The van der Waals surface area contributed by atoms with Gasteiger partial charge in [-0.2, -0.15) is 0 Å². The Hall–Kier alpha value is -2.11. The number of nitrogens with zero attached hydrogens (tertiary/aromatic N) is 5. The second-order valence-corrected chi connectivity index (χ2v) is 4.50. The van der Waals surface area contributed by atoms with Crippen molar-refractivity contribution < 1.29 is 0 Å². The third-order valence-corrected chi connectivity index (χ3v) is 3.25. The van der Waals surface area contributed by atoms with Crippen molar-refractivity contribution in [1.82, 2.24) is 15.0 Å². The highest BCUT2D eigenvalue weighted by Gasteiger charge is 2.18. The van der Waals surface area contributed by atoms with Crippen LogP contribution in [0.1, 0.15) is 0 Å². The van der Waals surface area contributed by atoms with E-state index in [9.17, 15) is 0 Å². The molecule has 0 unspecified atom stereocenters. The second kappa shape index (κ2) is 5.26. The molecule has 3 rings (SSSR count). The van der Waals surface area contributed by atoms with Crippen LogP contribution in [-0.2, 0) is 0 Å². The minimum Gasteiger partial charge on any atom is -0.368 e. The fourth-order valence-electron chi connectivity index (χ4n) is 2.21. The summed E-state index contributed by atoms with van der Waals surface area (Å²) in [5.41, 5.74) is 1.81. The SMILES string of the molecule is [B]c1cnc(N2CCN(c3ccncc3)CC2)nc1. The first-order valence-electron chi connectivity index (χ1n) is 6.30. The topological polar surface area (TPSA) is 45.2 Å². The molecule has 0 N–H and O–H groups in total. The van der Waals surface area contributed by atoms with Crippen molar-refractivity contribution in [2.45, 2.75) is 0 Å². The van der Waals surface area contributed by atoms with Gasteiger partial charge in [0.15, 0.2) is 0 Å². The number of piperazine rings is 1. The second-order valence-electron chi connectivity index (χ2n) is 4.50. The van der Waals surface area contributed by atoms with Gasteiger partial charge in [-0.3, -0.25) is 4.98 Å². The van der Waals surface area contributed by atoms with E-state index >= 15 is 0 Å². The molecule has 0 bridgehead atoms. The van der Waals surface area contributed by atoms with Crippen molar-refractivity contribution in [1.29, 1.82) is 0 Å². The van der Waals surface area contributed by atoms with Crippen LogP contribution in [0.25, 0.3) is 0 Å². The molecule has 3 heterocycles. The quantitative estimate of drug-likeness (QED) is 0.702. The molecular weight excluding hydrogens is 237 g/mol. The summed E-state index contributed by atoms with van der Waals surface area (Å²) < 4.78 is 0. The van der Waals surface area contributed by atoms with Crippen LogP contribution < -0.4 is 15.3 Å². The molecule has 0 aromatic carbocycles. The molecule has 0 atom stereocenters. The maximum Gasteiger partial charge on any atom is 0.225 e. The average Bonchev–Trinajstić information content (AvgIpc) is 2.49. The summed E-state index contributed by atoms with van der Waals surface area (Å²) in [5.74, 6) is 0.753. The van der Waals surface area contributed by atoms with Crippen LogP contribution >= 0.6 is 0 Å². The van der Waals surface area contributed by atoms with Gasteiger partial charge in [-0.1, -0.05) is 5.46 Å². The standard InChI is InChI=1S/C13H14BN5/c14-11-9-16-13(17-10-11)19-7-5-18(6-8-19)12-1-3-15-4-2-12/h1-4,9-10H,5-8H2. The van der Waals surface area contributed by atoms with Crippen molar-refractivity contribution >= 4 is 24.9 Å². The van der Waals surface area contributed by atoms with Crippen molar-refractivity contribution in [3.63, 3.8) is 0 Å². The van der Waals surface area contributed by atoms with Crippen LogP contribution in [0.3, 0.4) is 0 Å². The third-order valence-electron chi connectivity index (χ3n) is 3.25. The number of aromatic nitrogens is 3. The molecule has 2 aromatic rings. The van der Waals surface area contributed by atoms with E-state index in [-0.39, 0.29) is 0 Å². The van der Waals surface area contributed by atoms with E-state index in [2.05, 4.69) is 24.8 Å². The van der Waals surface area contributed by atoms with Crippen LogP contribution in [-0.4, -0.2) is 49.0 Å². The summed E-state index contributed by atoms with van der Waals surface area (Å²) in [5, 5.41) is 0. The molecule has 94 valence electrons. The van der Waals surface area contributed by atoms with Crippen molar-refractivity contribution in [3.05, 3.63) is 36.9 Å². The number of pyridine rings is 1. The van der Waals surface area contributed by atoms with E-state index in [1.807, 2.05) is 24.5 Å². The minimum atomic E-state index is 0.596. The van der Waals surface area contributed by atoms with Gasteiger partial charge < -0.3 is 9.80 Å². The highest BCUT2D eigenvalue weighted by atomic mass is 15.3.